The largest absolute Gasteiger partial charge is 0.493 e. The molecule has 1 N–H and O–H groups in total. The van der Waals surface area contributed by atoms with Gasteiger partial charge in [0.05, 0.1) is 17.3 Å². The van der Waals surface area contributed by atoms with Crippen LogP contribution >= 0.6 is 0 Å². The lowest BCUT2D eigenvalue weighted by Crippen LogP contribution is -2.30. The van der Waals surface area contributed by atoms with Crippen molar-refractivity contribution in [3.05, 3.63) is 24.3 Å². The minimum absolute atomic E-state index is 0.127. The molecule has 0 atom stereocenters. The van der Waals surface area contributed by atoms with Crippen LogP contribution in [0.5, 0.6) is 5.75 Å². The maximum Gasteiger partial charge on any atom is 0.178 e. The van der Waals surface area contributed by atoms with E-state index in [2.05, 4.69) is 5.32 Å². The van der Waals surface area contributed by atoms with Crippen LogP contribution in [0.1, 0.15) is 19.8 Å². The first-order valence-corrected chi connectivity index (χ1v) is 8.43. The van der Waals surface area contributed by atoms with Crippen LogP contribution in [-0.2, 0) is 9.84 Å². The highest BCUT2D eigenvalue weighted by molar-refractivity contribution is 7.91. The van der Waals surface area contributed by atoms with Crippen molar-refractivity contribution in [2.45, 2.75) is 24.7 Å². The predicted molar refractivity (Wildman–Crippen MR) is 75.3 cm³/mol. The summed E-state index contributed by atoms with van der Waals surface area (Å²) >= 11 is 0. The van der Waals surface area contributed by atoms with E-state index in [0.717, 1.165) is 31.7 Å². The van der Waals surface area contributed by atoms with Gasteiger partial charge in [-0.15, -0.1) is 0 Å². The number of sulfone groups is 1. The molecule has 1 aliphatic rings. The van der Waals surface area contributed by atoms with Gasteiger partial charge < -0.3 is 10.1 Å². The van der Waals surface area contributed by atoms with Crippen molar-refractivity contribution >= 4 is 9.84 Å². The van der Waals surface area contributed by atoms with Crippen molar-refractivity contribution in [3.8, 4) is 5.75 Å². The smallest absolute Gasteiger partial charge is 0.178 e. The molecule has 0 aromatic heterocycles. The number of rotatable bonds is 5. The van der Waals surface area contributed by atoms with Crippen LogP contribution in [0.2, 0.25) is 0 Å². The molecular weight excluding hydrogens is 262 g/mol. The van der Waals surface area contributed by atoms with Gasteiger partial charge in [0.15, 0.2) is 9.84 Å². The van der Waals surface area contributed by atoms with Crippen molar-refractivity contribution in [2.75, 3.05) is 25.4 Å². The maximum atomic E-state index is 11.7. The van der Waals surface area contributed by atoms with E-state index in [1.165, 1.54) is 0 Å². The van der Waals surface area contributed by atoms with E-state index in [1.807, 2.05) is 0 Å². The number of hydrogen-bond acceptors (Lipinski definition) is 4. The van der Waals surface area contributed by atoms with E-state index < -0.39 is 9.84 Å². The van der Waals surface area contributed by atoms with Crippen LogP contribution in [0.25, 0.3) is 0 Å². The molecule has 0 aliphatic carbocycles. The first kappa shape index (κ1) is 14.3. The highest BCUT2D eigenvalue weighted by atomic mass is 32.2. The zero-order valence-corrected chi connectivity index (χ0v) is 12.1. The fourth-order valence-corrected chi connectivity index (χ4v) is 3.06. The van der Waals surface area contributed by atoms with Crippen LogP contribution in [0.15, 0.2) is 29.2 Å². The summed E-state index contributed by atoms with van der Waals surface area (Å²) < 4.78 is 29.1. The predicted octanol–water partition coefficient (Wildman–Crippen LogP) is 1.86. The number of hydrogen-bond donors (Lipinski definition) is 1. The molecule has 0 bridgehead atoms. The molecule has 1 aromatic carbocycles. The Hall–Kier alpha value is -1.07. The molecule has 0 amide bonds. The van der Waals surface area contributed by atoms with E-state index in [1.54, 1.807) is 31.2 Å². The number of benzene rings is 1. The molecule has 1 heterocycles. The zero-order valence-electron chi connectivity index (χ0n) is 11.3. The normalized spacial score (nSPS) is 17.3. The molecule has 0 spiro atoms. The third kappa shape index (κ3) is 3.94. The minimum Gasteiger partial charge on any atom is -0.493 e. The summed E-state index contributed by atoms with van der Waals surface area (Å²) in [6.07, 6.45) is 2.28. The van der Waals surface area contributed by atoms with Crippen molar-refractivity contribution < 1.29 is 13.2 Å². The van der Waals surface area contributed by atoms with Crippen LogP contribution in [0, 0.1) is 5.92 Å². The molecule has 1 saturated heterocycles. The van der Waals surface area contributed by atoms with E-state index in [4.69, 9.17) is 4.74 Å². The standard InChI is InChI=1S/C14H21NO3S/c1-2-19(16,17)14-5-3-13(4-6-14)18-11-12-7-9-15-10-8-12/h3-6,12,15H,2,7-11H2,1H3. The summed E-state index contributed by atoms with van der Waals surface area (Å²) in [6.45, 7) is 4.47. The van der Waals surface area contributed by atoms with Crippen LogP contribution in [0.3, 0.4) is 0 Å². The van der Waals surface area contributed by atoms with Gasteiger partial charge in [-0.2, -0.15) is 0 Å². The Balaban J connectivity index is 1.91. The van der Waals surface area contributed by atoms with Crippen LogP contribution in [0.4, 0.5) is 0 Å². The molecule has 106 valence electrons. The molecule has 0 saturated carbocycles. The van der Waals surface area contributed by atoms with Crippen molar-refractivity contribution in [1.82, 2.24) is 5.32 Å². The molecule has 1 aromatic rings. The summed E-state index contributed by atoms with van der Waals surface area (Å²) in [5.41, 5.74) is 0. The lowest BCUT2D eigenvalue weighted by molar-refractivity contribution is 0.215. The van der Waals surface area contributed by atoms with E-state index in [9.17, 15) is 8.42 Å². The summed E-state index contributed by atoms with van der Waals surface area (Å²) in [7, 11) is -3.11. The Morgan fingerprint density at radius 3 is 2.42 bits per heavy atom. The number of nitrogens with one attached hydrogen (secondary N) is 1. The average molecular weight is 283 g/mol. The van der Waals surface area contributed by atoms with Gasteiger partial charge in [-0.1, -0.05) is 6.92 Å². The SMILES string of the molecule is CCS(=O)(=O)c1ccc(OCC2CCNCC2)cc1. The van der Waals surface area contributed by atoms with Gasteiger partial charge in [-0.05, 0) is 56.1 Å². The third-order valence-corrected chi connectivity index (χ3v) is 5.26. The molecule has 1 aliphatic heterocycles. The first-order valence-electron chi connectivity index (χ1n) is 6.78. The second kappa shape index (κ2) is 6.39. The molecular formula is C14H21NO3S. The molecule has 1 fully saturated rings. The second-order valence-corrected chi connectivity index (χ2v) is 7.16. The lowest BCUT2D eigenvalue weighted by atomic mass is 9.99. The van der Waals surface area contributed by atoms with Crippen LogP contribution in [-0.4, -0.2) is 33.9 Å². The number of piperidine rings is 1. The number of ether oxygens (including phenoxy) is 1. The van der Waals surface area contributed by atoms with Gasteiger partial charge in [-0.25, -0.2) is 8.42 Å². The Kier molecular flexibility index (Phi) is 4.82. The third-order valence-electron chi connectivity index (χ3n) is 3.51. The monoisotopic (exact) mass is 283 g/mol. The zero-order chi connectivity index (χ0) is 13.7. The van der Waals surface area contributed by atoms with Gasteiger partial charge in [0.25, 0.3) is 0 Å². The molecule has 4 nitrogen and oxygen atoms in total. The summed E-state index contributed by atoms with van der Waals surface area (Å²) in [5, 5.41) is 3.32. The fraction of sp³-hybridized carbons (Fsp3) is 0.571. The quantitative estimate of drug-likeness (QED) is 0.896. The van der Waals surface area contributed by atoms with Gasteiger partial charge in [0, 0.05) is 0 Å². The Labute approximate surface area is 115 Å². The average Bonchev–Trinajstić information content (AvgIpc) is 2.47. The highest BCUT2D eigenvalue weighted by Crippen LogP contribution is 2.19. The van der Waals surface area contributed by atoms with Crippen molar-refractivity contribution in [2.24, 2.45) is 5.92 Å². The lowest BCUT2D eigenvalue weighted by Gasteiger charge is -2.22. The summed E-state index contributed by atoms with van der Waals surface area (Å²) in [6, 6.07) is 6.72. The van der Waals surface area contributed by atoms with Gasteiger partial charge in [0.1, 0.15) is 5.75 Å². The van der Waals surface area contributed by atoms with Gasteiger partial charge >= 0.3 is 0 Å². The van der Waals surface area contributed by atoms with Crippen molar-refractivity contribution in [1.29, 1.82) is 0 Å². The molecule has 2 rings (SSSR count). The fourth-order valence-electron chi connectivity index (χ4n) is 2.17. The molecule has 0 unspecified atom stereocenters. The Bertz CT molecular complexity index is 490. The van der Waals surface area contributed by atoms with Gasteiger partial charge in [-0.3, -0.25) is 0 Å². The molecule has 0 radical (unpaired) electrons. The Morgan fingerprint density at radius 1 is 1.21 bits per heavy atom. The Morgan fingerprint density at radius 2 is 1.84 bits per heavy atom. The molecule has 19 heavy (non-hydrogen) atoms. The first-order chi connectivity index (χ1) is 9.12. The van der Waals surface area contributed by atoms with E-state index >= 15 is 0 Å². The van der Waals surface area contributed by atoms with Crippen LogP contribution < -0.4 is 10.1 Å². The van der Waals surface area contributed by atoms with Gasteiger partial charge in [0.2, 0.25) is 0 Å². The second-order valence-electron chi connectivity index (χ2n) is 4.88. The minimum atomic E-state index is -3.11. The maximum absolute atomic E-state index is 11.7. The van der Waals surface area contributed by atoms with Crippen molar-refractivity contribution in [3.63, 3.8) is 0 Å². The van der Waals surface area contributed by atoms with E-state index in [-0.39, 0.29) is 5.75 Å². The van der Waals surface area contributed by atoms with E-state index in [0.29, 0.717) is 17.4 Å². The topological polar surface area (TPSA) is 55.4 Å². The molecule has 5 heteroatoms. The summed E-state index contributed by atoms with van der Waals surface area (Å²) in [4.78, 5) is 0.365. The summed E-state index contributed by atoms with van der Waals surface area (Å²) in [5.74, 6) is 1.47. The highest BCUT2D eigenvalue weighted by Gasteiger charge is 2.14.